The number of nitrogens with zero attached hydrogens (tertiary/aromatic N) is 1. The number of carbonyl (C=O) groups excluding carboxylic acids is 3. The quantitative estimate of drug-likeness (QED) is 0.587. The molecule has 3 amide bonds. The van der Waals surface area contributed by atoms with Crippen molar-refractivity contribution < 1.29 is 23.9 Å². The second-order valence-corrected chi connectivity index (χ2v) is 7.76. The third-order valence-electron chi connectivity index (χ3n) is 5.86. The predicted octanol–water partition coefficient (Wildman–Crippen LogP) is 3.80. The number of imide groups is 1. The van der Waals surface area contributed by atoms with Crippen LogP contribution in [0.25, 0.3) is 0 Å². The van der Waals surface area contributed by atoms with Crippen LogP contribution in [0.3, 0.4) is 0 Å². The Morgan fingerprint density at radius 1 is 1.00 bits per heavy atom. The maximum absolute atomic E-state index is 12.9. The van der Waals surface area contributed by atoms with E-state index in [9.17, 15) is 14.4 Å². The van der Waals surface area contributed by atoms with Gasteiger partial charge < -0.3 is 14.8 Å². The van der Waals surface area contributed by atoms with Gasteiger partial charge in [0.25, 0.3) is 5.91 Å². The van der Waals surface area contributed by atoms with Gasteiger partial charge in [-0.15, -0.1) is 0 Å². The summed E-state index contributed by atoms with van der Waals surface area (Å²) in [4.78, 5) is 39.7. The first-order valence-corrected chi connectivity index (χ1v) is 10.1. The van der Waals surface area contributed by atoms with E-state index in [1.165, 1.54) is 19.1 Å². The monoisotopic (exact) mass is 420 g/mol. The van der Waals surface area contributed by atoms with Crippen LogP contribution in [0, 0.1) is 11.8 Å². The third-order valence-corrected chi connectivity index (χ3v) is 5.86. The third kappa shape index (κ3) is 3.67. The number of nitrogens with one attached hydrogen (secondary N) is 1. The van der Waals surface area contributed by atoms with Crippen LogP contribution in [0.15, 0.2) is 54.1 Å². The smallest absolute Gasteiger partial charge is 0.255 e. The Labute approximate surface area is 180 Å². The molecule has 160 valence electrons. The van der Waals surface area contributed by atoms with E-state index in [4.69, 9.17) is 9.47 Å². The van der Waals surface area contributed by atoms with Crippen LogP contribution >= 0.6 is 0 Å². The highest BCUT2D eigenvalue weighted by atomic mass is 16.5. The number of para-hydroxylation sites is 1. The van der Waals surface area contributed by atoms with E-state index >= 15 is 0 Å². The average molecular weight is 420 g/mol. The Hall–Kier alpha value is -3.61. The molecule has 1 aliphatic heterocycles. The molecule has 1 aliphatic carbocycles. The van der Waals surface area contributed by atoms with E-state index in [0.717, 1.165) is 5.57 Å². The molecule has 0 radical (unpaired) electrons. The lowest BCUT2D eigenvalue weighted by Gasteiger charge is -2.18. The van der Waals surface area contributed by atoms with Crippen LogP contribution in [0.4, 0.5) is 11.4 Å². The van der Waals surface area contributed by atoms with Crippen LogP contribution in [-0.4, -0.2) is 31.9 Å². The molecule has 1 saturated heterocycles. The molecule has 4 rings (SSSR count). The number of anilines is 2. The Morgan fingerprint density at radius 3 is 2.39 bits per heavy atom. The molecule has 0 aromatic heterocycles. The van der Waals surface area contributed by atoms with E-state index in [1.54, 1.807) is 42.5 Å². The summed E-state index contributed by atoms with van der Waals surface area (Å²) in [7, 11) is 3.03. The molecule has 2 aromatic carbocycles. The summed E-state index contributed by atoms with van der Waals surface area (Å²) >= 11 is 0. The van der Waals surface area contributed by atoms with Gasteiger partial charge in [-0.1, -0.05) is 17.7 Å². The topological polar surface area (TPSA) is 84.9 Å². The Balaban J connectivity index is 1.52. The fourth-order valence-electron chi connectivity index (χ4n) is 4.23. The molecule has 2 atom stereocenters. The molecule has 7 heteroatoms. The van der Waals surface area contributed by atoms with Gasteiger partial charge in [0, 0.05) is 5.56 Å². The lowest BCUT2D eigenvalue weighted by atomic mass is 9.82. The van der Waals surface area contributed by atoms with Crippen LogP contribution in [-0.2, 0) is 9.59 Å². The zero-order valence-electron chi connectivity index (χ0n) is 17.7. The van der Waals surface area contributed by atoms with Crippen molar-refractivity contribution in [1.29, 1.82) is 0 Å². The normalized spacial score (nSPS) is 20.2. The lowest BCUT2D eigenvalue weighted by molar-refractivity contribution is -0.122. The van der Waals surface area contributed by atoms with Crippen molar-refractivity contribution >= 4 is 29.1 Å². The van der Waals surface area contributed by atoms with E-state index in [-0.39, 0.29) is 29.6 Å². The highest BCUT2D eigenvalue weighted by molar-refractivity contribution is 6.22. The van der Waals surface area contributed by atoms with Crippen molar-refractivity contribution in [2.24, 2.45) is 11.8 Å². The van der Waals surface area contributed by atoms with Crippen LogP contribution in [0.1, 0.15) is 30.1 Å². The van der Waals surface area contributed by atoms with Crippen LogP contribution < -0.4 is 19.7 Å². The van der Waals surface area contributed by atoms with Crippen molar-refractivity contribution in [2.75, 3.05) is 24.4 Å². The number of ether oxygens (including phenoxy) is 2. The molecule has 0 bridgehead atoms. The minimum absolute atomic E-state index is 0.166. The Bertz CT molecular complexity index is 1070. The number of amides is 3. The molecule has 0 saturated carbocycles. The first-order chi connectivity index (χ1) is 14.9. The summed E-state index contributed by atoms with van der Waals surface area (Å²) in [5.41, 5.74) is 2.50. The Morgan fingerprint density at radius 2 is 1.71 bits per heavy atom. The number of allylic oxidation sites excluding steroid dienone is 2. The largest absolute Gasteiger partial charge is 0.493 e. The first-order valence-electron chi connectivity index (χ1n) is 10.1. The number of benzene rings is 2. The Kier molecular flexibility index (Phi) is 5.50. The summed E-state index contributed by atoms with van der Waals surface area (Å²) in [5, 5.41) is 2.81. The molecule has 1 fully saturated rings. The second-order valence-electron chi connectivity index (χ2n) is 7.76. The molecular weight excluding hydrogens is 396 g/mol. The fourth-order valence-corrected chi connectivity index (χ4v) is 4.23. The van der Waals surface area contributed by atoms with Gasteiger partial charge in [-0.25, -0.2) is 0 Å². The molecule has 0 spiro atoms. The van der Waals surface area contributed by atoms with Gasteiger partial charge in [0.1, 0.15) is 0 Å². The highest BCUT2D eigenvalue weighted by Gasteiger charge is 2.48. The van der Waals surface area contributed by atoms with Crippen molar-refractivity contribution in [2.45, 2.75) is 19.8 Å². The van der Waals surface area contributed by atoms with Gasteiger partial charge in [-0.05, 0) is 56.2 Å². The van der Waals surface area contributed by atoms with E-state index in [2.05, 4.69) is 5.32 Å². The van der Waals surface area contributed by atoms with E-state index in [1.807, 2.05) is 13.0 Å². The van der Waals surface area contributed by atoms with Gasteiger partial charge in [0.2, 0.25) is 11.8 Å². The van der Waals surface area contributed by atoms with E-state index < -0.39 is 0 Å². The number of fused-ring (bicyclic) bond motifs is 1. The van der Waals surface area contributed by atoms with Gasteiger partial charge in [-0.3, -0.25) is 19.3 Å². The summed E-state index contributed by atoms with van der Waals surface area (Å²) in [5.74, 6) is -0.327. The standard InChI is InChI=1S/C24H24N2O5/c1-14-7-12-17-18(13-14)24(29)26(23(17)28)16-10-8-15(9-11-16)22(27)25-19-5-4-6-20(30-2)21(19)31-3/h4-11,17-18H,12-13H2,1-3H3,(H,25,27)/t17-,18-/m0/s1. The first kappa shape index (κ1) is 20.7. The van der Waals surface area contributed by atoms with Crippen molar-refractivity contribution in [3.8, 4) is 11.5 Å². The number of hydrogen-bond acceptors (Lipinski definition) is 5. The van der Waals surface area contributed by atoms with E-state index in [0.29, 0.717) is 41.3 Å². The number of carbonyl (C=O) groups is 3. The average Bonchev–Trinajstić information content (AvgIpc) is 3.02. The molecule has 2 aromatic rings. The number of rotatable bonds is 5. The van der Waals surface area contributed by atoms with Gasteiger partial charge in [-0.2, -0.15) is 0 Å². The SMILES string of the molecule is COc1cccc(NC(=O)c2ccc(N3C(=O)[C@H]4CC=C(C)C[C@@H]4C3=O)cc2)c1OC. The summed E-state index contributed by atoms with van der Waals surface area (Å²) in [6.45, 7) is 1.99. The zero-order valence-corrected chi connectivity index (χ0v) is 17.7. The molecule has 0 unspecified atom stereocenters. The van der Waals surface area contributed by atoms with Crippen LogP contribution in [0.5, 0.6) is 11.5 Å². The van der Waals surface area contributed by atoms with Gasteiger partial charge >= 0.3 is 0 Å². The van der Waals surface area contributed by atoms with Crippen molar-refractivity contribution in [1.82, 2.24) is 0 Å². The lowest BCUT2D eigenvalue weighted by Crippen LogP contribution is -2.30. The summed E-state index contributed by atoms with van der Waals surface area (Å²) in [6, 6.07) is 11.7. The minimum atomic E-state index is -0.342. The van der Waals surface area contributed by atoms with Gasteiger partial charge in [0.05, 0.1) is 37.4 Å². The summed E-state index contributed by atoms with van der Waals surface area (Å²) < 4.78 is 10.6. The van der Waals surface area contributed by atoms with Crippen LogP contribution in [0.2, 0.25) is 0 Å². The highest BCUT2D eigenvalue weighted by Crippen LogP contribution is 2.40. The molecule has 7 nitrogen and oxygen atoms in total. The molecule has 31 heavy (non-hydrogen) atoms. The second kappa shape index (κ2) is 8.26. The van der Waals surface area contributed by atoms with Crippen molar-refractivity contribution in [3.63, 3.8) is 0 Å². The number of hydrogen-bond donors (Lipinski definition) is 1. The molecule has 1 heterocycles. The molecule has 2 aliphatic rings. The predicted molar refractivity (Wildman–Crippen MR) is 116 cm³/mol. The molecular formula is C24H24N2O5. The number of methoxy groups -OCH3 is 2. The molecule has 1 N–H and O–H groups in total. The maximum Gasteiger partial charge on any atom is 0.255 e. The minimum Gasteiger partial charge on any atom is -0.493 e. The fraction of sp³-hybridized carbons (Fsp3) is 0.292. The van der Waals surface area contributed by atoms with Gasteiger partial charge in [0.15, 0.2) is 11.5 Å². The maximum atomic E-state index is 12.9. The zero-order chi connectivity index (χ0) is 22.1. The summed E-state index contributed by atoms with van der Waals surface area (Å²) in [6.07, 6.45) is 3.26. The van der Waals surface area contributed by atoms with Crippen molar-refractivity contribution in [3.05, 3.63) is 59.7 Å².